The summed E-state index contributed by atoms with van der Waals surface area (Å²) < 4.78 is 14.1. The number of ketones is 1. The largest absolute Gasteiger partial charge is 0.508 e. The predicted octanol–water partition coefficient (Wildman–Crippen LogP) is 3.93. The van der Waals surface area contributed by atoms with Crippen LogP contribution in [0, 0.1) is 57.2 Å². The second-order valence-electron chi connectivity index (χ2n) is 23.4. The molecule has 18 unspecified atom stereocenters. The molecule has 10 N–H and O–H groups in total. The zero-order chi connectivity index (χ0) is 46.5. The quantitative estimate of drug-likeness (QED) is 0.119. The van der Waals surface area contributed by atoms with Crippen LogP contribution >= 0.6 is 0 Å². The second kappa shape index (κ2) is 15.3. The highest BCUT2D eigenvalue weighted by molar-refractivity contribution is 5.96. The number of ether oxygens (including phenoxy) is 2. The minimum absolute atomic E-state index is 0.0472. The van der Waals surface area contributed by atoms with Gasteiger partial charge in [-0.3, -0.25) is 4.79 Å². The summed E-state index contributed by atoms with van der Waals surface area (Å²) in [7, 11) is 0. The van der Waals surface area contributed by atoms with Crippen molar-refractivity contribution >= 4 is 5.78 Å². The normalized spacial score (nSPS) is 50.3. The molecular formula is C52H75NO12. The highest BCUT2D eigenvalue weighted by Gasteiger charge is 2.85. The molecule has 11 rings (SSSR count). The van der Waals surface area contributed by atoms with Crippen LogP contribution in [0.4, 0.5) is 0 Å². The van der Waals surface area contributed by atoms with Crippen LogP contribution in [-0.4, -0.2) is 132 Å². The molecule has 0 radical (unpaired) electrons. The monoisotopic (exact) mass is 906 g/mol. The smallest absolute Gasteiger partial charge is 0.160 e. The Morgan fingerprint density at radius 2 is 1.74 bits per heavy atom. The molecule has 9 aliphatic carbocycles. The van der Waals surface area contributed by atoms with E-state index in [4.69, 9.17) is 9.47 Å². The van der Waals surface area contributed by atoms with E-state index < -0.39 is 80.6 Å². The average molecular weight is 906 g/mol. The number of benzene rings is 1. The summed E-state index contributed by atoms with van der Waals surface area (Å²) >= 11 is 0. The van der Waals surface area contributed by atoms with Gasteiger partial charge in [0.2, 0.25) is 0 Å². The Hall–Kier alpha value is -2.43. The Balaban J connectivity index is 1.17. The first-order valence-corrected chi connectivity index (χ1v) is 25.0. The first kappa shape index (κ1) is 46.3. The molecule has 18 atom stereocenters. The molecule has 65 heavy (non-hydrogen) atoms. The number of rotatable bonds is 10. The van der Waals surface area contributed by atoms with E-state index in [1.165, 1.54) is 6.07 Å². The summed E-state index contributed by atoms with van der Waals surface area (Å²) in [5.41, 5.74) is -7.16. The van der Waals surface area contributed by atoms with Crippen molar-refractivity contribution in [3.63, 3.8) is 0 Å². The number of nitrogens with one attached hydrogen (secondary N) is 1. The SMILES string of the molecule is CCNCC1=CC2(C)CCC1C1(OC3CC4(O)C5=CC(=O)C6C7c8cc(O)cc(O)c8CCC7(O)C(OCCCO)CC6(C)C5C5(CCCC5CO)CC4(C)C3C1(O)CCO)C(O)C2C. The number of aliphatic hydroxyl groups excluding tert-OH is 4. The third kappa shape index (κ3) is 5.71. The Labute approximate surface area is 383 Å². The summed E-state index contributed by atoms with van der Waals surface area (Å²) in [5, 5.41) is 112. The van der Waals surface area contributed by atoms with Gasteiger partial charge >= 0.3 is 0 Å². The van der Waals surface area contributed by atoms with Crippen molar-refractivity contribution in [3.05, 3.63) is 46.6 Å². The third-order valence-electron chi connectivity index (χ3n) is 20.8. The zero-order valence-electron chi connectivity index (χ0n) is 39.1. The molecule has 1 aromatic rings. The number of carbonyl (C=O) groups excluding carboxylic acids is 1. The van der Waals surface area contributed by atoms with Crippen molar-refractivity contribution in [2.45, 2.75) is 158 Å². The maximum Gasteiger partial charge on any atom is 0.160 e. The predicted molar refractivity (Wildman–Crippen MR) is 240 cm³/mol. The van der Waals surface area contributed by atoms with Gasteiger partial charge in [-0.05, 0) is 127 Å². The van der Waals surface area contributed by atoms with Crippen LogP contribution in [0.5, 0.6) is 11.5 Å². The summed E-state index contributed by atoms with van der Waals surface area (Å²) in [6, 6.07) is 2.85. The van der Waals surface area contributed by atoms with Crippen LogP contribution in [0.25, 0.3) is 0 Å². The van der Waals surface area contributed by atoms with Crippen molar-refractivity contribution in [2.24, 2.45) is 57.2 Å². The van der Waals surface area contributed by atoms with E-state index >= 15 is 4.79 Å². The maximum atomic E-state index is 15.6. The Morgan fingerprint density at radius 3 is 2.45 bits per heavy atom. The van der Waals surface area contributed by atoms with E-state index in [1.54, 1.807) is 12.1 Å². The molecule has 10 aliphatic rings. The highest BCUT2D eigenvalue weighted by Crippen LogP contribution is 2.81. The molecule has 0 aromatic heterocycles. The minimum Gasteiger partial charge on any atom is -0.508 e. The van der Waals surface area contributed by atoms with Gasteiger partial charge in [0.15, 0.2) is 5.78 Å². The summed E-state index contributed by atoms with van der Waals surface area (Å²) in [6.07, 6.45) is 6.26. The Bertz CT molecular complexity index is 2160. The van der Waals surface area contributed by atoms with E-state index in [9.17, 15) is 46.0 Å². The molecular weight excluding hydrogens is 831 g/mol. The molecule has 13 heteroatoms. The zero-order valence-corrected chi connectivity index (χ0v) is 39.1. The molecule has 2 bridgehead atoms. The lowest BCUT2D eigenvalue weighted by atomic mass is 9.35. The lowest BCUT2D eigenvalue weighted by Crippen LogP contribution is -2.73. The lowest BCUT2D eigenvalue weighted by Gasteiger charge is -2.70. The molecule has 1 saturated heterocycles. The summed E-state index contributed by atoms with van der Waals surface area (Å²) in [6.45, 7) is 11.2. The fraction of sp³-hybridized carbons (Fsp3) is 0.788. The number of phenolic OH excluding ortho intramolecular Hbond substituents is 2. The number of aliphatic hydroxyl groups is 7. The van der Waals surface area contributed by atoms with Crippen molar-refractivity contribution in [2.75, 3.05) is 39.5 Å². The van der Waals surface area contributed by atoms with Gasteiger partial charge < -0.3 is 60.7 Å². The van der Waals surface area contributed by atoms with Gasteiger partial charge in [0, 0.05) is 81.0 Å². The number of allylic oxidation sites excluding steroid dienone is 2. The molecule has 360 valence electrons. The molecule has 5 saturated carbocycles. The van der Waals surface area contributed by atoms with Gasteiger partial charge in [0.05, 0.1) is 29.5 Å². The van der Waals surface area contributed by atoms with E-state index in [-0.39, 0.29) is 92.6 Å². The van der Waals surface area contributed by atoms with Gasteiger partial charge in [0.25, 0.3) is 0 Å². The molecule has 6 fully saturated rings. The fourth-order valence-corrected chi connectivity index (χ4v) is 18.3. The Morgan fingerprint density at radius 1 is 0.969 bits per heavy atom. The molecule has 2 spiro atoms. The third-order valence-corrected chi connectivity index (χ3v) is 20.8. The number of carbonyl (C=O) groups is 1. The maximum absolute atomic E-state index is 15.6. The lowest BCUT2D eigenvalue weighted by molar-refractivity contribution is -0.258. The number of hydrogen-bond donors (Lipinski definition) is 10. The van der Waals surface area contributed by atoms with Crippen molar-refractivity contribution in [1.29, 1.82) is 0 Å². The average Bonchev–Trinajstić information content (AvgIpc) is 3.81. The fourth-order valence-electron chi connectivity index (χ4n) is 18.3. The van der Waals surface area contributed by atoms with Gasteiger partial charge in [-0.2, -0.15) is 0 Å². The van der Waals surface area contributed by atoms with Crippen molar-refractivity contribution < 1.29 is 60.2 Å². The number of fused-ring (bicyclic) bond motifs is 14. The first-order chi connectivity index (χ1) is 30.7. The number of hydrogen-bond acceptors (Lipinski definition) is 13. The van der Waals surface area contributed by atoms with Crippen LogP contribution in [0.15, 0.2) is 35.4 Å². The first-order valence-electron chi connectivity index (χ1n) is 25.0. The van der Waals surface area contributed by atoms with Gasteiger partial charge in [-0.15, -0.1) is 0 Å². The second-order valence-corrected chi connectivity index (χ2v) is 23.4. The molecule has 1 heterocycles. The van der Waals surface area contributed by atoms with Crippen LogP contribution in [-0.2, 0) is 20.7 Å². The van der Waals surface area contributed by atoms with Crippen molar-refractivity contribution in [1.82, 2.24) is 5.32 Å². The standard InChI is InChI=1S/C52H75NO12/c1-6-53-25-29-22-45(3)13-11-34(29)52(44(60)28(45)2)50(62,15-17-55)43-38(65-52)23-51(63)35-21-37(59)41-40-33-19-31(57)20-36(58)32(33)10-14-49(40,61)39(64-18-8-16-54)24-46(41,4)42(35)48(27-47(43,51)5)12-7-9-30(48)26-56/h19-22,28,30,34,38-44,53-58,60-63H,6-18,23-27H2,1-5H3. The number of aromatic hydroxyl groups is 2. The topological polar surface area (TPSA) is 230 Å². The van der Waals surface area contributed by atoms with E-state index in [0.29, 0.717) is 61.8 Å². The molecule has 1 aromatic carbocycles. The number of phenols is 2. The molecule has 13 nitrogen and oxygen atoms in total. The number of likely N-dealkylation sites (N-methyl/N-ethyl adjacent to an activating group) is 1. The van der Waals surface area contributed by atoms with Crippen LogP contribution in [0.1, 0.15) is 122 Å². The van der Waals surface area contributed by atoms with Crippen molar-refractivity contribution in [3.8, 4) is 11.5 Å². The highest BCUT2D eigenvalue weighted by atomic mass is 16.6. The molecule has 1 aliphatic heterocycles. The van der Waals surface area contributed by atoms with Gasteiger partial charge in [0.1, 0.15) is 22.7 Å². The van der Waals surface area contributed by atoms with Crippen LogP contribution in [0.3, 0.4) is 0 Å². The van der Waals surface area contributed by atoms with Gasteiger partial charge in [-0.1, -0.05) is 52.7 Å². The van der Waals surface area contributed by atoms with Gasteiger partial charge in [-0.25, -0.2) is 0 Å². The minimum atomic E-state index is -1.82. The van der Waals surface area contributed by atoms with E-state index in [2.05, 4.69) is 32.2 Å². The van der Waals surface area contributed by atoms with E-state index in [1.807, 2.05) is 13.8 Å². The Kier molecular flexibility index (Phi) is 10.9. The van der Waals surface area contributed by atoms with Crippen LogP contribution in [0.2, 0.25) is 0 Å². The van der Waals surface area contributed by atoms with Crippen LogP contribution < -0.4 is 5.32 Å². The molecule has 0 amide bonds. The summed E-state index contributed by atoms with van der Waals surface area (Å²) in [5.74, 6) is -4.55. The summed E-state index contributed by atoms with van der Waals surface area (Å²) in [4.78, 5) is 15.6. The van der Waals surface area contributed by atoms with E-state index in [0.717, 1.165) is 25.0 Å².